The molecular weight excluding hydrogens is 1380 g/mol. The minimum Gasteiger partial charge on any atom is -0.497 e. The standard InChI is InChI=1S/C79H62ClF5N10O10/c1-102-49-18-12-45(13-19-49)79(44-9-4-3-5-10-44,46-14-20-50(103-2)21-15-46)104-37-7-8-43-38-47(16-22-58(43)90-91-62-23-17-48(95(100)101)39-57(62)80)86-33-6-11-69(96)92-34-30-51-54-40-63(87-59(54)24-27-66(51)92)76(97)93-35-31-52-55-41-64(88-60(55)25-28-67(52)93)77(98)94-36-32-53-56-42-65(89-61(56)26-29-68(53)94)78(99)105-75-73(84)71(82)70(81)72(83)74(75)85/h3-5,9-10,12-29,38-42,86-89H,6-8,11,30-37H2,1-2H3. The Labute approximate surface area is 600 Å². The number of aromatic nitrogens is 3. The molecule has 3 aliphatic rings. The highest BCUT2D eigenvalue weighted by atomic mass is 35.5. The van der Waals surface area contributed by atoms with E-state index >= 15 is 0 Å². The van der Waals surface area contributed by atoms with Crippen LogP contribution in [0.3, 0.4) is 0 Å². The van der Waals surface area contributed by atoms with Gasteiger partial charge in [-0.2, -0.15) is 13.9 Å². The van der Waals surface area contributed by atoms with Gasteiger partial charge in [-0.3, -0.25) is 24.5 Å². The van der Waals surface area contributed by atoms with E-state index in [2.05, 4.69) is 35.2 Å². The first-order valence-corrected chi connectivity index (χ1v) is 34.1. The van der Waals surface area contributed by atoms with E-state index in [0.29, 0.717) is 121 Å². The maximum absolute atomic E-state index is 14.5. The maximum atomic E-state index is 14.5. The van der Waals surface area contributed by atoms with Crippen LogP contribution in [0.5, 0.6) is 17.2 Å². The summed E-state index contributed by atoms with van der Waals surface area (Å²) in [6, 6.07) is 51.1. The molecule has 3 amide bonds. The van der Waals surface area contributed by atoms with Crippen LogP contribution in [0.25, 0.3) is 32.7 Å². The lowest BCUT2D eigenvalue weighted by Gasteiger charge is -2.36. The number of hydrogen-bond donors (Lipinski definition) is 4. The lowest BCUT2D eigenvalue weighted by molar-refractivity contribution is -0.384. The molecule has 0 saturated carbocycles. The number of esters is 1. The molecular formula is C79H62ClF5N10O10. The lowest BCUT2D eigenvalue weighted by atomic mass is 9.80. The molecule has 12 aromatic rings. The number of ether oxygens (including phenoxy) is 4. The zero-order valence-electron chi connectivity index (χ0n) is 56.2. The number of azo groups is 1. The van der Waals surface area contributed by atoms with Crippen molar-refractivity contribution in [1.82, 2.24) is 15.0 Å². The molecule has 0 aliphatic carbocycles. The number of rotatable bonds is 22. The number of nitrogens with one attached hydrogen (secondary N) is 4. The zero-order chi connectivity index (χ0) is 72.9. The van der Waals surface area contributed by atoms with Gasteiger partial charge in [-0.1, -0.05) is 66.2 Å². The number of halogens is 6. The summed E-state index contributed by atoms with van der Waals surface area (Å²) in [6.45, 7) is 1.86. The van der Waals surface area contributed by atoms with Crippen molar-refractivity contribution in [3.63, 3.8) is 0 Å². The van der Waals surface area contributed by atoms with Crippen LogP contribution in [0.15, 0.2) is 180 Å². The third-order valence-electron chi connectivity index (χ3n) is 19.6. The molecule has 0 atom stereocenters. The highest BCUT2D eigenvalue weighted by Gasteiger charge is 2.39. The number of nitro groups is 1. The van der Waals surface area contributed by atoms with E-state index in [9.17, 15) is 51.2 Å². The second kappa shape index (κ2) is 28.2. The summed E-state index contributed by atoms with van der Waals surface area (Å²) in [7, 11) is 3.25. The Morgan fingerprint density at radius 1 is 0.562 bits per heavy atom. The van der Waals surface area contributed by atoms with Crippen molar-refractivity contribution in [2.45, 2.75) is 50.5 Å². The Hall–Kier alpha value is -12.2. The van der Waals surface area contributed by atoms with Gasteiger partial charge < -0.3 is 53.9 Å². The van der Waals surface area contributed by atoms with Gasteiger partial charge in [0.1, 0.15) is 39.9 Å². The van der Waals surface area contributed by atoms with Gasteiger partial charge in [-0.25, -0.2) is 18.0 Å². The summed E-state index contributed by atoms with van der Waals surface area (Å²) in [4.78, 5) is 81.4. The second-order valence-corrected chi connectivity index (χ2v) is 26.0. The molecule has 0 spiro atoms. The van der Waals surface area contributed by atoms with Gasteiger partial charge in [0.15, 0.2) is 0 Å². The number of carbonyl (C=O) groups is 4. The first-order valence-electron chi connectivity index (χ1n) is 33.7. The fourth-order valence-corrected chi connectivity index (χ4v) is 14.6. The van der Waals surface area contributed by atoms with Gasteiger partial charge >= 0.3 is 5.97 Å². The van der Waals surface area contributed by atoms with Gasteiger partial charge in [-0.15, -0.1) is 5.11 Å². The number of aryl methyl sites for hydroxylation is 1. The molecule has 105 heavy (non-hydrogen) atoms. The number of carbonyl (C=O) groups excluding carboxylic acids is 4. The lowest BCUT2D eigenvalue weighted by Crippen LogP contribution is -2.33. The van der Waals surface area contributed by atoms with Gasteiger partial charge in [0.05, 0.1) is 29.9 Å². The van der Waals surface area contributed by atoms with E-state index in [1.807, 2.05) is 127 Å². The van der Waals surface area contributed by atoms with Crippen molar-refractivity contribution in [3.05, 3.63) is 270 Å². The van der Waals surface area contributed by atoms with E-state index in [-0.39, 0.29) is 58.5 Å². The Kier molecular flexibility index (Phi) is 18.4. The predicted molar refractivity (Wildman–Crippen MR) is 386 cm³/mol. The van der Waals surface area contributed by atoms with E-state index in [4.69, 9.17) is 25.8 Å². The molecule has 26 heteroatoms. The number of methoxy groups -OCH3 is 2. The van der Waals surface area contributed by atoms with Crippen LogP contribution in [0.4, 0.5) is 61.8 Å². The van der Waals surface area contributed by atoms with Crippen LogP contribution in [0.2, 0.25) is 5.02 Å². The smallest absolute Gasteiger partial charge is 0.360 e. The van der Waals surface area contributed by atoms with Crippen molar-refractivity contribution < 1.29 is 65.0 Å². The molecule has 0 fully saturated rings. The van der Waals surface area contributed by atoms with Gasteiger partial charge in [0, 0.05) is 107 Å². The van der Waals surface area contributed by atoms with Crippen molar-refractivity contribution in [2.24, 2.45) is 10.2 Å². The number of fused-ring (bicyclic) bond motifs is 9. The number of amides is 3. The minimum absolute atomic E-state index is 0.0413. The molecule has 0 saturated heterocycles. The third-order valence-corrected chi connectivity index (χ3v) is 19.9. The van der Waals surface area contributed by atoms with Crippen LogP contribution in [-0.2, 0) is 40.8 Å². The fraction of sp³-hybridized carbons (Fsp3) is 0.190. The van der Waals surface area contributed by atoms with Crippen LogP contribution in [0.1, 0.15) is 89.7 Å². The number of H-pyrrole nitrogens is 3. The van der Waals surface area contributed by atoms with E-state index < -0.39 is 51.3 Å². The number of non-ortho nitro benzene ring substituents is 1. The van der Waals surface area contributed by atoms with Crippen molar-refractivity contribution in [2.75, 3.05) is 67.0 Å². The molecule has 4 N–H and O–H groups in total. The Bertz CT molecular complexity index is 5460. The van der Waals surface area contributed by atoms with E-state index in [0.717, 1.165) is 61.0 Å². The van der Waals surface area contributed by atoms with Crippen molar-refractivity contribution in [1.29, 1.82) is 0 Å². The summed E-state index contributed by atoms with van der Waals surface area (Å²) in [6.07, 6.45) is 3.25. The average molecular weight is 1440 g/mol. The number of benzene rings is 9. The third kappa shape index (κ3) is 12.7. The number of hydrogen-bond acceptors (Lipinski definition) is 13. The summed E-state index contributed by atoms with van der Waals surface area (Å²) >= 11 is 6.46. The van der Waals surface area contributed by atoms with Crippen LogP contribution in [-0.4, -0.2) is 90.6 Å². The topological polar surface area (TPSA) is 242 Å². The van der Waals surface area contributed by atoms with Gasteiger partial charge in [-0.05, 0) is 181 Å². The molecule has 20 nitrogen and oxygen atoms in total. The normalized spacial score (nSPS) is 13.3. The van der Waals surface area contributed by atoms with Crippen molar-refractivity contribution in [3.8, 4) is 17.2 Å². The monoisotopic (exact) mass is 1440 g/mol. The van der Waals surface area contributed by atoms with Crippen LogP contribution >= 0.6 is 11.6 Å². The summed E-state index contributed by atoms with van der Waals surface area (Å²) in [5.41, 5.74) is 10.6. The second-order valence-electron chi connectivity index (χ2n) is 25.5. The SMILES string of the molecule is COc1ccc(C(OCCCc2cc(NCCCC(=O)N3CCc4c3ccc3[nH]c(C(=O)N5CCc6c5ccc5[nH]c(C(=O)N7CCc8c7ccc7[nH]c(C(=O)Oc9c(F)c(F)c(F)c(F)c9F)cc87)cc65)cc43)ccc2N=Nc2ccc([N+](=O)[O-])cc2Cl)(c2ccccc2)c2ccc(OC)cc2)cc1. The fourth-order valence-electron chi connectivity index (χ4n) is 14.4. The van der Waals surface area contributed by atoms with Crippen LogP contribution in [0, 0.1) is 39.2 Å². The quantitative estimate of drug-likeness (QED) is 0.00475. The molecule has 0 unspecified atom stereocenters. The average Bonchev–Trinajstić information content (AvgIpc) is 1.74. The van der Waals surface area contributed by atoms with Gasteiger partial charge in [0.2, 0.25) is 40.7 Å². The Balaban J connectivity index is 0.600. The minimum atomic E-state index is -2.40. The molecule has 3 aromatic heterocycles. The summed E-state index contributed by atoms with van der Waals surface area (Å²) < 4.78 is 93.1. The molecule has 3 aliphatic heterocycles. The molecule has 530 valence electrons. The molecule has 6 heterocycles. The van der Waals surface area contributed by atoms with Crippen LogP contribution < -0.4 is 34.2 Å². The molecule has 15 rings (SSSR count). The maximum Gasteiger partial charge on any atom is 0.360 e. The molecule has 0 radical (unpaired) electrons. The predicted octanol–water partition coefficient (Wildman–Crippen LogP) is 17.2. The molecule has 0 bridgehead atoms. The van der Waals surface area contributed by atoms with E-state index in [1.165, 1.54) is 24.3 Å². The highest BCUT2D eigenvalue weighted by molar-refractivity contribution is 6.33. The highest BCUT2D eigenvalue weighted by Crippen LogP contribution is 2.45. The van der Waals surface area contributed by atoms with E-state index in [1.54, 1.807) is 47.1 Å². The largest absolute Gasteiger partial charge is 0.497 e. The number of nitrogens with zero attached hydrogens (tertiary/aromatic N) is 6. The summed E-state index contributed by atoms with van der Waals surface area (Å²) in [5, 5.41) is 26.2. The Morgan fingerprint density at radius 3 is 1.58 bits per heavy atom. The number of aromatic amines is 3. The van der Waals surface area contributed by atoms with Crippen molar-refractivity contribution >= 4 is 108 Å². The zero-order valence-corrected chi connectivity index (χ0v) is 56.9. The number of nitro benzene ring substituents is 1. The first kappa shape index (κ1) is 68.5. The molecule has 9 aromatic carbocycles. The van der Waals surface area contributed by atoms with Gasteiger partial charge in [0.25, 0.3) is 17.5 Å². The number of anilines is 4. The summed E-state index contributed by atoms with van der Waals surface area (Å²) in [5.74, 6) is -13.9. The Morgan fingerprint density at radius 2 is 1.05 bits per heavy atom. The first-order chi connectivity index (χ1) is 50.9.